The molecular formula is C16H23BrN2O. The molecule has 1 fully saturated rings. The maximum absolute atomic E-state index is 12.5. The molecule has 1 aromatic carbocycles. The minimum absolute atomic E-state index is 0.0650. The first kappa shape index (κ1) is 15.5. The minimum Gasteiger partial charge on any atom is -0.324 e. The maximum Gasteiger partial charge on any atom is 0.241 e. The average Bonchev–Trinajstić information content (AvgIpc) is 2.71. The lowest BCUT2D eigenvalue weighted by molar-refractivity contribution is -0.121. The summed E-state index contributed by atoms with van der Waals surface area (Å²) in [5.41, 5.74) is 2.01. The number of likely N-dealkylation sites (tertiary alicyclic amines) is 1. The van der Waals surface area contributed by atoms with Crippen LogP contribution in [0.5, 0.6) is 0 Å². The number of hydrogen-bond acceptors (Lipinski definition) is 2. The summed E-state index contributed by atoms with van der Waals surface area (Å²) in [7, 11) is 0. The zero-order valence-corrected chi connectivity index (χ0v) is 14.2. The third-order valence-electron chi connectivity index (χ3n) is 4.23. The molecule has 0 spiro atoms. The number of benzene rings is 1. The zero-order valence-electron chi connectivity index (χ0n) is 12.6. The number of halogens is 1. The highest BCUT2D eigenvalue weighted by Crippen LogP contribution is 2.28. The summed E-state index contributed by atoms with van der Waals surface area (Å²) < 4.78 is 0.931. The largest absolute Gasteiger partial charge is 0.324 e. The molecule has 20 heavy (non-hydrogen) atoms. The number of carbonyl (C=O) groups is 1. The zero-order chi connectivity index (χ0) is 14.9. The minimum atomic E-state index is -0.101. The van der Waals surface area contributed by atoms with Gasteiger partial charge in [-0.3, -0.25) is 9.69 Å². The number of nitrogens with one attached hydrogen (secondary N) is 1. The molecule has 3 unspecified atom stereocenters. The van der Waals surface area contributed by atoms with Gasteiger partial charge in [0.05, 0.1) is 11.7 Å². The lowest BCUT2D eigenvalue weighted by atomic mass is 10.2. The highest BCUT2D eigenvalue weighted by atomic mass is 79.9. The van der Waals surface area contributed by atoms with Gasteiger partial charge in [-0.1, -0.05) is 6.07 Å². The predicted octanol–water partition coefficient (Wildman–Crippen LogP) is 3.96. The van der Waals surface area contributed by atoms with Crippen molar-refractivity contribution in [1.82, 2.24) is 4.90 Å². The van der Waals surface area contributed by atoms with Gasteiger partial charge in [0.15, 0.2) is 0 Å². The normalized spacial score (nSPS) is 24.6. The quantitative estimate of drug-likeness (QED) is 0.904. The Morgan fingerprint density at radius 2 is 1.95 bits per heavy atom. The van der Waals surface area contributed by atoms with Crippen molar-refractivity contribution < 1.29 is 4.79 Å². The summed E-state index contributed by atoms with van der Waals surface area (Å²) in [6.07, 6.45) is 2.35. The van der Waals surface area contributed by atoms with E-state index in [9.17, 15) is 4.79 Å². The van der Waals surface area contributed by atoms with E-state index in [2.05, 4.69) is 40.0 Å². The Labute approximate surface area is 129 Å². The Morgan fingerprint density at radius 3 is 2.50 bits per heavy atom. The number of rotatable bonds is 3. The lowest BCUT2D eigenvalue weighted by Gasteiger charge is -2.31. The molecule has 2 rings (SSSR count). The smallest absolute Gasteiger partial charge is 0.241 e. The fourth-order valence-corrected chi connectivity index (χ4v) is 3.66. The summed E-state index contributed by atoms with van der Waals surface area (Å²) in [4.78, 5) is 14.8. The van der Waals surface area contributed by atoms with Crippen LogP contribution in [0.15, 0.2) is 22.7 Å². The van der Waals surface area contributed by atoms with Gasteiger partial charge in [-0.25, -0.2) is 0 Å². The number of hydrogen-bond donors (Lipinski definition) is 1. The Hall–Kier alpha value is -0.870. The van der Waals surface area contributed by atoms with E-state index in [-0.39, 0.29) is 11.9 Å². The molecule has 110 valence electrons. The molecule has 1 saturated heterocycles. The topological polar surface area (TPSA) is 32.3 Å². The number of carbonyl (C=O) groups excluding carboxylic acids is 1. The molecule has 3 nitrogen and oxygen atoms in total. The Bertz CT molecular complexity index is 493. The van der Waals surface area contributed by atoms with E-state index >= 15 is 0 Å². The summed E-state index contributed by atoms with van der Waals surface area (Å²) in [5.74, 6) is 0.0650. The van der Waals surface area contributed by atoms with Crippen LogP contribution < -0.4 is 5.32 Å². The molecule has 1 heterocycles. The van der Waals surface area contributed by atoms with Crippen LogP contribution in [0.2, 0.25) is 0 Å². The maximum atomic E-state index is 12.5. The predicted molar refractivity (Wildman–Crippen MR) is 87.0 cm³/mol. The van der Waals surface area contributed by atoms with Crippen LogP contribution in [0.25, 0.3) is 0 Å². The molecule has 1 aliphatic heterocycles. The number of aryl methyl sites for hydroxylation is 1. The van der Waals surface area contributed by atoms with Gasteiger partial charge < -0.3 is 5.32 Å². The first-order chi connectivity index (χ1) is 9.40. The summed E-state index contributed by atoms with van der Waals surface area (Å²) in [5, 5.41) is 3.03. The van der Waals surface area contributed by atoms with Crippen molar-refractivity contribution in [3.05, 3.63) is 28.2 Å². The van der Waals surface area contributed by atoms with E-state index in [1.54, 1.807) is 0 Å². The van der Waals surface area contributed by atoms with Crippen LogP contribution >= 0.6 is 15.9 Å². The molecule has 4 heteroatoms. The highest BCUT2D eigenvalue weighted by molar-refractivity contribution is 9.10. The second kappa shape index (κ2) is 6.27. The van der Waals surface area contributed by atoms with Gasteiger partial charge in [0.2, 0.25) is 5.91 Å². The lowest BCUT2D eigenvalue weighted by Crippen LogP contribution is -2.46. The molecule has 0 aliphatic carbocycles. The van der Waals surface area contributed by atoms with Crippen LogP contribution in [0.3, 0.4) is 0 Å². The van der Waals surface area contributed by atoms with Crippen LogP contribution in [-0.2, 0) is 4.79 Å². The van der Waals surface area contributed by atoms with E-state index in [1.165, 1.54) is 18.4 Å². The Balaban J connectivity index is 2.07. The van der Waals surface area contributed by atoms with Gasteiger partial charge >= 0.3 is 0 Å². The molecule has 3 atom stereocenters. The van der Waals surface area contributed by atoms with Crippen LogP contribution in [-0.4, -0.2) is 28.9 Å². The molecule has 0 aromatic heterocycles. The van der Waals surface area contributed by atoms with E-state index in [0.29, 0.717) is 12.1 Å². The fraction of sp³-hybridized carbons (Fsp3) is 0.562. The molecule has 0 radical (unpaired) electrons. The van der Waals surface area contributed by atoms with E-state index in [1.807, 2.05) is 32.0 Å². The van der Waals surface area contributed by atoms with Crippen molar-refractivity contribution in [1.29, 1.82) is 0 Å². The van der Waals surface area contributed by atoms with Crippen LogP contribution in [0.4, 0.5) is 5.69 Å². The molecule has 1 N–H and O–H groups in total. The highest BCUT2D eigenvalue weighted by Gasteiger charge is 2.34. The van der Waals surface area contributed by atoms with Gasteiger partial charge in [-0.15, -0.1) is 0 Å². The van der Waals surface area contributed by atoms with Crippen LogP contribution in [0.1, 0.15) is 39.2 Å². The van der Waals surface area contributed by atoms with Gasteiger partial charge in [-0.05, 0) is 74.2 Å². The van der Waals surface area contributed by atoms with Crippen molar-refractivity contribution in [3.63, 3.8) is 0 Å². The van der Waals surface area contributed by atoms with Gasteiger partial charge in [0, 0.05) is 16.6 Å². The molecule has 0 bridgehead atoms. The second-order valence-electron chi connectivity index (χ2n) is 5.87. The van der Waals surface area contributed by atoms with E-state index < -0.39 is 0 Å². The van der Waals surface area contributed by atoms with Gasteiger partial charge in [0.1, 0.15) is 0 Å². The van der Waals surface area contributed by atoms with Crippen molar-refractivity contribution in [2.75, 3.05) is 5.32 Å². The standard InChI is InChI=1S/C16H23BrN2O/c1-10-5-8-15(14(17)9-10)18-16(20)13(4)19-11(2)6-7-12(19)3/h5,8-9,11-13H,6-7H2,1-4H3,(H,18,20). The summed E-state index contributed by atoms with van der Waals surface area (Å²) in [6, 6.07) is 6.82. The Kier molecular flexibility index (Phi) is 4.86. The van der Waals surface area contributed by atoms with Crippen molar-refractivity contribution >= 4 is 27.5 Å². The first-order valence-corrected chi connectivity index (χ1v) is 8.04. The molecule has 1 aromatic rings. The fourth-order valence-electron chi connectivity index (χ4n) is 3.07. The molecule has 1 aliphatic rings. The summed E-state index contributed by atoms with van der Waals surface area (Å²) >= 11 is 3.50. The summed E-state index contributed by atoms with van der Waals surface area (Å²) in [6.45, 7) is 8.44. The van der Waals surface area contributed by atoms with Crippen molar-refractivity contribution in [3.8, 4) is 0 Å². The van der Waals surface area contributed by atoms with Crippen molar-refractivity contribution in [2.45, 2.75) is 58.7 Å². The molecule has 1 amide bonds. The number of nitrogens with zero attached hydrogens (tertiary/aromatic N) is 1. The van der Waals surface area contributed by atoms with E-state index in [0.717, 1.165) is 10.2 Å². The number of anilines is 1. The third-order valence-corrected chi connectivity index (χ3v) is 4.89. The third kappa shape index (κ3) is 3.23. The monoisotopic (exact) mass is 338 g/mol. The average molecular weight is 339 g/mol. The first-order valence-electron chi connectivity index (χ1n) is 7.24. The SMILES string of the molecule is Cc1ccc(NC(=O)C(C)N2C(C)CCC2C)c(Br)c1. The van der Waals surface area contributed by atoms with Crippen LogP contribution in [0, 0.1) is 6.92 Å². The molecule has 0 saturated carbocycles. The molecular weight excluding hydrogens is 316 g/mol. The van der Waals surface area contributed by atoms with E-state index in [4.69, 9.17) is 0 Å². The van der Waals surface area contributed by atoms with Gasteiger partial charge in [-0.2, -0.15) is 0 Å². The van der Waals surface area contributed by atoms with Crippen molar-refractivity contribution in [2.24, 2.45) is 0 Å². The van der Waals surface area contributed by atoms with Gasteiger partial charge in [0.25, 0.3) is 0 Å². The second-order valence-corrected chi connectivity index (χ2v) is 6.73. The number of amides is 1. The Morgan fingerprint density at radius 1 is 1.35 bits per heavy atom.